The molecule has 6 heteroatoms. The molecule has 0 fully saturated rings. The van der Waals surface area contributed by atoms with Crippen molar-refractivity contribution in [3.05, 3.63) is 29.3 Å². The fourth-order valence-electron chi connectivity index (χ4n) is 1.07. The van der Waals surface area contributed by atoms with Crippen LogP contribution in [0.2, 0.25) is 0 Å². The quantitative estimate of drug-likeness (QED) is 0.596. The summed E-state index contributed by atoms with van der Waals surface area (Å²) in [5, 5.41) is 0. The SMILES string of the molecule is CCO/C(=C\Cl)c1nccnc1C(=O)OC. The first-order valence-corrected chi connectivity index (χ1v) is 5.01. The maximum atomic E-state index is 11.4. The molecule has 0 atom stereocenters. The Kier molecular flexibility index (Phi) is 4.72. The van der Waals surface area contributed by atoms with Crippen LogP contribution in [0.1, 0.15) is 23.1 Å². The summed E-state index contributed by atoms with van der Waals surface area (Å²) in [7, 11) is 1.27. The number of esters is 1. The van der Waals surface area contributed by atoms with Crippen molar-refractivity contribution >= 4 is 23.3 Å². The summed E-state index contributed by atoms with van der Waals surface area (Å²) >= 11 is 5.59. The second-order valence-corrected chi connectivity index (χ2v) is 2.87. The maximum Gasteiger partial charge on any atom is 0.359 e. The normalized spacial score (nSPS) is 11.1. The maximum absolute atomic E-state index is 11.4. The lowest BCUT2D eigenvalue weighted by Crippen LogP contribution is -2.10. The van der Waals surface area contributed by atoms with Crippen molar-refractivity contribution in [3.8, 4) is 0 Å². The van der Waals surface area contributed by atoms with Crippen molar-refractivity contribution in [2.75, 3.05) is 13.7 Å². The molecule has 16 heavy (non-hydrogen) atoms. The molecule has 86 valence electrons. The number of ether oxygens (including phenoxy) is 2. The number of carbonyl (C=O) groups is 1. The van der Waals surface area contributed by atoms with Crippen molar-refractivity contribution in [2.24, 2.45) is 0 Å². The van der Waals surface area contributed by atoms with Crippen molar-refractivity contribution in [1.82, 2.24) is 9.97 Å². The van der Waals surface area contributed by atoms with Gasteiger partial charge in [-0.2, -0.15) is 0 Å². The highest BCUT2D eigenvalue weighted by molar-refractivity contribution is 6.28. The summed E-state index contributed by atoms with van der Waals surface area (Å²) in [6.45, 7) is 2.21. The van der Waals surface area contributed by atoms with Gasteiger partial charge in [-0.05, 0) is 6.92 Å². The zero-order valence-corrected chi connectivity index (χ0v) is 9.69. The van der Waals surface area contributed by atoms with Crippen molar-refractivity contribution < 1.29 is 14.3 Å². The van der Waals surface area contributed by atoms with Crippen LogP contribution in [0, 0.1) is 0 Å². The van der Waals surface area contributed by atoms with Gasteiger partial charge in [0.2, 0.25) is 0 Å². The Bertz CT molecular complexity index is 407. The average Bonchev–Trinajstić information content (AvgIpc) is 2.35. The molecule has 1 heterocycles. The Balaban J connectivity index is 3.16. The first kappa shape index (κ1) is 12.4. The zero-order chi connectivity index (χ0) is 12.0. The molecule has 1 rings (SSSR count). The minimum absolute atomic E-state index is 0.0744. The molecule has 0 bridgehead atoms. The van der Waals surface area contributed by atoms with Crippen molar-refractivity contribution in [1.29, 1.82) is 0 Å². The Labute approximate surface area is 98.1 Å². The number of aromatic nitrogens is 2. The number of nitrogens with zero attached hydrogens (tertiary/aromatic N) is 2. The topological polar surface area (TPSA) is 61.3 Å². The molecule has 5 nitrogen and oxygen atoms in total. The molecule has 1 aromatic heterocycles. The third-order valence-corrected chi connectivity index (χ3v) is 1.91. The van der Waals surface area contributed by atoms with E-state index in [1.54, 1.807) is 6.92 Å². The summed E-state index contributed by atoms with van der Waals surface area (Å²) < 4.78 is 9.81. The lowest BCUT2D eigenvalue weighted by Gasteiger charge is -2.09. The molecule has 0 aliphatic rings. The van der Waals surface area contributed by atoms with Crippen LogP contribution in [-0.4, -0.2) is 29.7 Å². The second-order valence-electron chi connectivity index (χ2n) is 2.65. The molecule has 0 N–H and O–H groups in total. The van der Waals surface area contributed by atoms with E-state index in [2.05, 4.69) is 14.7 Å². The molecule has 0 unspecified atom stereocenters. The second kappa shape index (κ2) is 6.07. The third-order valence-electron chi connectivity index (χ3n) is 1.71. The molecule has 0 aromatic carbocycles. The van der Waals surface area contributed by atoms with Gasteiger partial charge >= 0.3 is 5.97 Å². The standard InChI is InChI=1S/C10H11ClN2O3/c1-3-16-7(6-11)8-9(10(14)15-2)13-5-4-12-8/h4-6H,3H2,1-2H3/b7-6-. The molecule has 0 aliphatic heterocycles. The summed E-state index contributed by atoms with van der Waals surface area (Å²) in [5.41, 5.74) is 1.55. The Morgan fingerprint density at radius 1 is 1.44 bits per heavy atom. The van der Waals surface area contributed by atoms with E-state index in [1.807, 2.05) is 0 Å². The summed E-state index contributed by atoms with van der Waals surface area (Å²) in [4.78, 5) is 19.3. The van der Waals surface area contributed by atoms with Gasteiger partial charge in [-0.15, -0.1) is 0 Å². The summed E-state index contributed by atoms with van der Waals surface area (Å²) in [6.07, 6.45) is 2.84. The lowest BCUT2D eigenvalue weighted by atomic mass is 10.2. The smallest absolute Gasteiger partial charge is 0.359 e. The van der Waals surface area contributed by atoms with Crippen molar-refractivity contribution in [3.63, 3.8) is 0 Å². The monoisotopic (exact) mass is 242 g/mol. The van der Waals surface area contributed by atoms with E-state index in [1.165, 1.54) is 25.0 Å². The predicted molar refractivity (Wildman–Crippen MR) is 58.8 cm³/mol. The van der Waals surface area contributed by atoms with Crippen LogP contribution in [0.25, 0.3) is 5.76 Å². The molecular formula is C10H11ClN2O3. The third kappa shape index (κ3) is 2.70. The summed E-state index contributed by atoms with van der Waals surface area (Å²) in [6, 6.07) is 0. The van der Waals surface area contributed by atoms with Crippen molar-refractivity contribution in [2.45, 2.75) is 6.92 Å². The van der Waals surface area contributed by atoms with E-state index in [0.717, 1.165) is 0 Å². The predicted octanol–water partition coefficient (Wildman–Crippen LogP) is 1.84. The van der Waals surface area contributed by atoms with Gasteiger partial charge in [0, 0.05) is 17.9 Å². The Hall–Kier alpha value is -1.62. The van der Waals surface area contributed by atoms with Crippen LogP contribution in [0.5, 0.6) is 0 Å². The minimum Gasteiger partial charge on any atom is -0.491 e. The number of hydrogen-bond acceptors (Lipinski definition) is 5. The average molecular weight is 243 g/mol. The van der Waals surface area contributed by atoms with Gasteiger partial charge in [0.25, 0.3) is 0 Å². The summed E-state index contributed by atoms with van der Waals surface area (Å²) in [5.74, 6) is -0.295. The Morgan fingerprint density at radius 2 is 2.06 bits per heavy atom. The first-order valence-electron chi connectivity index (χ1n) is 4.57. The molecule has 0 spiro atoms. The van der Waals surface area contributed by atoms with E-state index in [9.17, 15) is 4.79 Å². The van der Waals surface area contributed by atoms with Crippen LogP contribution in [0.15, 0.2) is 17.9 Å². The highest BCUT2D eigenvalue weighted by Crippen LogP contribution is 2.17. The number of carbonyl (C=O) groups excluding carboxylic acids is 1. The lowest BCUT2D eigenvalue weighted by molar-refractivity contribution is 0.0592. The number of rotatable bonds is 4. The van der Waals surface area contributed by atoms with Crippen LogP contribution in [0.4, 0.5) is 0 Å². The van der Waals surface area contributed by atoms with E-state index in [4.69, 9.17) is 16.3 Å². The Morgan fingerprint density at radius 3 is 2.56 bits per heavy atom. The number of halogens is 1. The largest absolute Gasteiger partial charge is 0.491 e. The van der Waals surface area contributed by atoms with Gasteiger partial charge < -0.3 is 9.47 Å². The fourth-order valence-corrected chi connectivity index (χ4v) is 1.24. The van der Waals surface area contributed by atoms with Gasteiger partial charge in [-0.1, -0.05) is 11.6 Å². The highest BCUT2D eigenvalue weighted by Gasteiger charge is 2.18. The van der Waals surface area contributed by atoms with E-state index < -0.39 is 5.97 Å². The van der Waals surface area contributed by atoms with Crippen LogP contribution in [0.3, 0.4) is 0 Å². The van der Waals surface area contributed by atoms with E-state index >= 15 is 0 Å². The van der Waals surface area contributed by atoms with Crippen LogP contribution in [-0.2, 0) is 9.47 Å². The van der Waals surface area contributed by atoms with Gasteiger partial charge in [-0.3, -0.25) is 0 Å². The fraction of sp³-hybridized carbons (Fsp3) is 0.300. The molecule has 0 saturated heterocycles. The minimum atomic E-state index is -0.584. The highest BCUT2D eigenvalue weighted by atomic mass is 35.5. The van der Waals surface area contributed by atoms with Crippen LogP contribution < -0.4 is 0 Å². The number of methoxy groups -OCH3 is 1. The zero-order valence-electron chi connectivity index (χ0n) is 8.94. The molecule has 0 radical (unpaired) electrons. The van der Waals surface area contributed by atoms with E-state index in [0.29, 0.717) is 6.61 Å². The molecule has 0 amide bonds. The van der Waals surface area contributed by atoms with Gasteiger partial charge in [0.05, 0.1) is 13.7 Å². The van der Waals surface area contributed by atoms with Gasteiger partial charge in [0.1, 0.15) is 5.69 Å². The molecule has 0 saturated carbocycles. The van der Waals surface area contributed by atoms with Gasteiger partial charge in [-0.25, -0.2) is 14.8 Å². The van der Waals surface area contributed by atoms with E-state index in [-0.39, 0.29) is 17.1 Å². The van der Waals surface area contributed by atoms with Gasteiger partial charge in [0.15, 0.2) is 11.5 Å². The molecule has 0 aliphatic carbocycles. The number of hydrogen-bond donors (Lipinski definition) is 0. The van der Waals surface area contributed by atoms with Crippen LogP contribution >= 0.6 is 11.6 Å². The molecular weight excluding hydrogens is 232 g/mol. The molecule has 1 aromatic rings. The first-order chi connectivity index (χ1) is 7.74.